The minimum Gasteiger partial charge on any atom is -0.339 e. The van der Waals surface area contributed by atoms with Gasteiger partial charge >= 0.3 is 0 Å². The molecule has 0 aliphatic heterocycles. The van der Waals surface area contributed by atoms with E-state index in [1.165, 1.54) is 20.2 Å². The molecule has 0 aromatic carbocycles. The van der Waals surface area contributed by atoms with E-state index in [2.05, 4.69) is 74.8 Å². The third-order valence-electron chi connectivity index (χ3n) is 2.42. The van der Waals surface area contributed by atoms with Crippen molar-refractivity contribution in [3.63, 3.8) is 0 Å². The smallest absolute Gasteiger partial charge is 0.111 e. The van der Waals surface area contributed by atoms with Gasteiger partial charge in [0.25, 0.3) is 0 Å². The Balaban J connectivity index is 3.02. The van der Waals surface area contributed by atoms with Crippen molar-refractivity contribution in [2.24, 2.45) is 7.05 Å². The maximum atomic E-state index is 4.49. The number of fused-ring (bicyclic) bond motifs is 1. The van der Waals surface area contributed by atoms with Crippen molar-refractivity contribution in [2.75, 3.05) is 0 Å². The highest BCUT2D eigenvalue weighted by atomic mass is 127. The molecule has 0 aliphatic carbocycles. The van der Waals surface area contributed by atoms with E-state index in [9.17, 15) is 0 Å². The zero-order valence-corrected chi connectivity index (χ0v) is 12.5. The molecule has 0 aliphatic rings. The molecule has 2 aromatic rings. The number of hydrogen-bond donors (Lipinski definition) is 0. The summed E-state index contributed by atoms with van der Waals surface area (Å²) in [5.41, 5.74) is 3.70. The molecule has 2 aromatic heterocycles. The predicted molar refractivity (Wildman–Crippen MR) is 75.6 cm³/mol. The molecule has 0 N–H and O–H groups in total. The van der Waals surface area contributed by atoms with E-state index < -0.39 is 0 Å². The van der Waals surface area contributed by atoms with Crippen molar-refractivity contribution in [3.8, 4) is 0 Å². The van der Waals surface area contributed by atoms with Gasteiger partial charge in [-0.05, 0) is 70.7 Å². The van der Waals surface area contributed by atoms with Crippen LogP contribution in [0.15, 0.2) is 6.07 Å². The molecule has 74 valence electrons. The van der Waals surface area contributed by atoms with Gasteiger partial charge in [0.05, 0.1) is 9.22 Å². The lowest BCUT2D eigenvalue weighted by Crippen LogP contribution is -1.92. The maximum Gasteiger partial charge on any atom is 0.111 e. The summed E-state index contributed by atoms with van der Waals surface area (Å²) in [7, 11) is 2.10. The Hall–Kier alpha value is 0.150. The van der Waals surface area contributed by atoms with E-state index in [0.717, 1.165) is 9.39 Å². The second kappa shape index (κ2) is 3.62. The largest absolute Gasteiger partial charge is 0.339 e. The molecule has 2 rings (SSSR count). The van der Waals surface area contributed by atoms with Crippen LogP contribution in [0.5, 0.6) is 0 Å². The van der Waals surface area contributed by atoms with Crippen LogP contribution in [0, 0.1) is 21.2 Å². The lowest BCUT2D eigenvalue weighted by Gasteiger charge is -2.00. The fourth-order valence-electron chi connectivity index (χ4n) is 1.69. The first-order chi connectivity index (χ1) is 6.52. The van der Waals surface area contributed by atoms with Crippen LogP contribution in [0.25, 0.3) is 10.9 Å². The van der Waals surface area contributed by atoms with E-state index in [1.807, 2.05) is 6.92 Å². The fraction of sp³-hybridized carbons (Fsp3) is 0.300. The molecule has 2 nitrogen and oxygen atoms in total. The van der Waals surface area contributed by atoms with Crippen LogP contribution >= 0.6 is 45.2 Å². The summed E-state index contributed by atoms with van der Waals surface area (Å²) in [6, 6.07) is 2.15. The van der Waals surface area contributed by atoms with Gasteiger partial charge in [-0.15, -0.1) is 0 Å². The van der Waals surface area contributed by atoms with Crippen LogP contribution in [-0.4, -0.2) is 9.55 Å². The van der Waals surface area contributed by atoms with E-state index in [0.29, 0.717) is 0 Å². The first-order valence-corrected chi connectivity index (χ1v) is 6.45. The number of aryl methyl sites for hydroxylation is 3. The van der Waals surface area contributed by atoms with Crippen LogP contribution in [0.3, 0.4) is 0 Å². The van der Waals surface area contributed by atoms with Crippen molar-refractivity contribution in [1.82, 2.24) is 9.55 Å². The Bertz CT molecular complexity index is 515. The SMILES string of the molecule is Cc1cc2c(c(I)n1)c(C)c(I)n2C. The van der Waals surface area contributed by atoms with Gasteiger partial charge in [0, 0.05) is 18.1 Å². The summed E-state index contributed by atoms with van der Waals surface area (Å²) in [5, 5.41) is 1.29. The number of nitrogens with zero attached hydrogens (tertiary/aromatic N) is 2. The third kappa shape index (κ3) is 1.46. The minimum absolute atomic E-state index is 1.08. The van der Waals surface area contributed by atoms with Crippen molar-refractivity contribution in [1.29, 1.82) is 0 Å². The molecule has 2 heterocycles. The summed E-state index contributed by atoms with van der Waals surface area (Å²) in [6.45, 7) is 4.19. The summed E-state index contributed by atoms with van der Waals surface area (Å²) >= 11 is 4.69. The fourth-order valence-corrected chi connectivity index (χ4v) is 3.28. The van der Waals surface area contributed by atoms with E-state index >= 15 is 0 Å². The van der Waals surface area contributed by atoms with Crippen molar-refractivity contribution < 1.29 is 0 Å². The molecule has 0 amide bonds. The molecular weight excluding hydrogens is 402 g/mol. The first kappa shape index (κ1) is 10.7. The number of hydrogen-bond acceptors (Lipinski definition) is 1. The molecule has 0 atom stereocenters. The van der Waals surface area contributed by atoms with Gasteiger partial charge in [-0.3, -0.25) is 0 Å². The van der Waals surface area contributed by atoms with Crippen LogP contribution in [0.4, 0.5) is 0 Å². The molecule has 0 bridgehead atoms. The number of rotatable bonds is 0. The van der Waals surface area contributed by atoms with Crippen LogP contribution in [-0.2, 0) is 7.05 Å². The average molecular weight is 412 g/mol. The normalized spacial score (nSPS) is 11.2. The lowest BCUT2D eigenvalue weighted by atomic mass is 10.2. The van der Waals surface area contributed by atoms with Gasteiger partial charge < -0.3 is 4.57 Å². The van der Waals surface area contributed by atoms with Gasteiger partial charge in [0.2, 0.25) is 0 Å². The highest BCUT2D eigenvalue weighted by molar-refractivity contribution is 14.1. The Morgan fingerprint density at radius 2 is 1.93 bits per heavy atom. The quantitative estimate of drug-likeness (QED) is 0.480. The second-order valence-electron chi connectivity index (χ2n) is 3.42. The summed E-state index contributed by atoms with van der Waals surface area (Å²) in [4.78, 5) is 4.49. The summed E-state index contributed by atoms with van der Waals surface area (Å²) in [6.07, 6.45) is 0. The minimum atomic E-state index is 1.08. The Labute approximate surface area is 110 Å². The number of aromatic nitrogens is 2. The highest BCUT2D eigenvalue weighted by Gasteiger charge is 2.13. The Morgan fingerprint density at radius 3 is 2.57 bits per heavy atom. The summed E-state index contributed by atoms with van der Waals surface area (Å²) in [5.74, 6) is 0. The van der Waals surface area contributed by atoms with Gasteiger partial charge in [-0.25, -0.2) is 4.98 Å². The predicted octanol–water partition coefficient (Wildman–Crippen LogP) is 3.40. The van der Waals surface area contributed by atoms with Crippen LogP contribution < -0.4 is 0 Å². The highest BCUT2D eigenvalue weighted by Crippen LogP contribution is 2.29. The van der Waals surface area contributed by atoms with Gasteiger partial charge in [0.15, 0.2) is 0 Å². The van der Waals surface area contributed by atoms with Crippen molar-refractivity contribution >= 4 is 56.1 Å². The Kier molecular flexibility index (Phi) is 2.76. The number of pyridine rings is 1. The van der Waals surface area contributed by atoms with E-state index in [4.69, 9.17) is 0 Å². The molecule has 0 saturated carbocycles. The van der Waals surface area contributed by atoms with Crippen molar-refractivity contribution in [2.45, 2.75) is 13.8 Å². The molecule has 0 radical (unpaired) electrons. The molecular formula is C10H10I2N2. The molecule has 0 unspecified atom stereocenters. The standard InChI is InChI=1S/C10H10I2N2/c1-5-4-7-8(9(11)13-5)6(2)10(12)14(7)3/h4H,1-3H3. The van der Waals surface area contributed by atoms with Gasteiger partial charge in [0.1, 0.15) is 3.70 Å². The zero-order valence-electron chi connectivity index (χ0n) is 8.23. The van der Waals surface area contributed by atoms with Crippen LogP contribution in [0.2, 0.25) is 0 Å². The summed E-state index contributed by atoms with van der Waals surface area (Å²) < 4.78 is 4.62. The Morgan fingerprint density at radius 1 is 1.29 bits per heavy atom. The maximum absolute atomic E-state index is 4.49. The lowest BCUT2D eigenvalue weighted by molar-refractivity contribution is 0.929. The molecule has 0 fully saturated rings. The molecule has 4 heteroatoms. The van der Waals surface area contributed by atoms with Crippen molar-refractivity contribution in [3.05, 3.63) is 24.7 Å². The van der Waals surface area contributed by atoms with Gasteiger partial charge in [-0.2, -0.15) is 0 Å². The monoisotopic (exact) mass is 412 g/mol. The zero-order chi connectivity index (χ0) is 10.5. The topological polar surface area (TPSA) is 17.8 Å². The van der Waals surface area contributed by atoms with Crippen LogP contribution in [0.1, 0.15) is 11.3 Å². The van der Waals surface area contributed by atoms with E-state index in [1.54, 1.807) is 0 Å². The average Bonchev–Trinajstić information content (AvgIpc) is 2.31. The number of halogens is 2. The molecule has 0 spiro atoms. The molecule has 14 heavy (non-hydrogen) atoms. The van der Waals surface area contributed by atoms with Gasteiger partial charge in [-0.1, -0.05) is 0 Å². The van der Waals surface area contributed by atoms with E-state index in [-0.39, 0.29) is 0 Å². The molecule has 0 saturated heterocycles. The third-order valence-corrected chi connectivity index (χ3v) is 4.74. The first-order valence-electron chi connectivity index (χ1n) is 4.30. The second-order valence-corrected chi connectivity index (χ2v) is 5.47.